The number of aryl methyl sites for hydroxylation is 1. The molecule has 0 amide bonds. The Bertz CT molecular complexity index is 922. The van der Waals surface area contributed by atoms with Crippen LogP contribution in [-0.2, 0) is 0 Å². The van der Waals surface area contributed by atoms with Crippen LogP contribution < -0.4 is 4.74 Å². The lowest BCUT2D eigenvalue weighted by Gasteiger charge is -2.14. The van der Waals surface area contributed by atoms with Crippen LogP contribution in [0.2, 0.25) is 5.02 Å². The van der Waals surface area contributed by atoms with Gasteiger partial charge < -0.3 is 4.74 Å². The molecule has 0 aliphatic heterocycles. The number of hydrogen-bond acceptors (Lipinski definition) is 4. The molecule has 0 fully saturated rings. The number of ether oxygens (including phenoxy) is 1. The van der Waals surface area contributed by atoms with Crippen molar-refractivity contribution in [1.82, 2.24) is 9.97 Å². The van der Waals surface area contributed by atoms with Crippen molar-refractivity contribution in [3.05, 3.63) is 64.4 Å². The molecule has 5 heteroatoms. The average molecular weight is 341 g/mol. The molecule has 1 aromatic heterocycles. The van der Waals surface area contributed by atoms with E-state index < -0.39 is 5.97 Å². The van der Waals surface area contributed by atoms with Crippen LogP contribution in [0.5, 0.6) is 5.75 Å². The highest BCUT2D eigenvalue weighted by Gasteiger charge is 2.17. The number of carbonyl (C=O) groups excluding carboxylic acids is 1. The Morgan fingerprint density at radius 3 is 2.58 bits per heavy atom. The topological polar surface area (TPSA) is 52.1 Å². The van der Waals surface area contributed by atoms with Crippen molar-refractivity contribution in [1.29, 1.82) is 0 Å². The Kier molecular flexibility index (Phi) is 4.49. The fraction of sp³-hybridized carbons (Fsp3) is 0.211. The Balaban J connectivity index is 1.95. The van der Waals surface area contributed by atoms with Crippen molar-refractivity contribution < 1.29 is 9.53 Å². The number of esters is 1. The van der Waals surface area contributed by atoms with Crippen molar-refractivity contribution in [2.45, 2.75) is 26.7 Å². The van der Waals surface area contributed by atoms with Gasteiger partial charge in [-0.25, -0.2) is 9.78 Å². The molecule has 0 N–H and O–H groups in total. The molecule has 0 atom stereocenters. The van der Waals surface area contributed by atoms with E-state index in [9.17, 15) is 4.79 Å². The molecule has 0 saturated carbocycles. The van der Waals surface area contributed by atoms with E-state index in [1.54, 1.807) is 6.07 Å². The SMILES string of the molecule is Cc1cc(OC(=O)c2cnc3ccccc3n2)c(C(C)C)cc1Cl. The maximum absolute atomic E-state index is 12.5. The first-order valence-corrected chi connectivity index (χ1v) is 8.07. The Morgan fingerprint density at radius 1 is 1.17 bits per heavy atom. The van der Waals surface area contributed by atoms with E-state index in [0.717, 1.165) is 16.6 Å². The number of benzene rings is 2. The van der Waals surface area contributed by atoms with Gasteiger partial charge in [-0.2, -0.15) is 0 Å². The Hall–Kier alpha value is -2.46. The largest absolute Gasteiger partial charge is 0.421 e. The number of nitrogens with zero attached hydrogens (tertiary/aromatic N) is 2. The summed E-state index contributed by atoms with van der Waals surface area (Å²) in [6.07, 6.45) is 1.43. The highest BCUT2D eigenvalue weighted by Crippen LogP contribution is 2.32. The summed E-state index contributed by atoms with van der Waals surface area (Å²) >= 11 is 6.19. The van der Waals surface area contributed by atoms with Gasteiger partial charge in [-0.05, 0) is 48.2 Å². The zero-order valence-corrected chi connectivity index (χ0v) is 14.5. The maximum atomic E-state index is 12.5. The van der Waals surface area contributed by atoms with Crippen LogP contribution in [0.4, 0.5) is 0 Å². The highest BCUT2D eigenvalue weighted by atomic mass is 35.5. The van der Waals surface area contributed by atoms with Crippen LogP contribution in [0.3, 0.4) is 0 Å². The molecule has 3 aromatic rings. The minimum Gasteiger partial charge on any atom is -0.421 e. The molecule has 0 spiro atoms. The van der Waals surface area contributed by atoms with Crippen molar-refractivity contribution in [2.24, 2.45) is 0 Å². The van der Waals surface area contributed by atoms with Crippen LogP contribution in [0.15, 0.2) is 42.6 Å². The van der Waals surface area contributed by atoms with Gasteiger partial charge in [0, 0.05) is 5.02 Å². The summed E-state index contributed by atoms with van der Waals surface area (Å²) in [7, 11) is 0. The van der Waals surface area contributed by atoms with Gasteiger partial charge >= 0.3 is 5.97 Å². The molecule has 0 unspecified atom stereocenters. The van der Waals surface area contributed by atoms with Gasteiger partial charge in [-0.1, -0.05) is 37.6 Å². The monoisotopic (exact) mass is 340 g/mol. The lowest BCUT2D eigenvalue weighted by Crippen LogP contribution is -2.13. The minimum atomic E-state index is -0.531. The van der Waals surface area contributed by atoms with Crippen LogP contribution in [0.1, 0.15) is 41.4 Å². The summed E-state index contributed by atoms with van der Waals surface area (Å²) in [5.41, 5.74) is 3.31. The molecule has 122 valence electrons. The third-order valence-corrected chi connectivity index (χ3v) is 4.18. The Morgan fingerprint density at radius 2 is 1.88 bits per heavy atom. The summed E-state index contributed by atoms with van der Waals surface area (Å²) < 4.78 is 5.58. The smallest absolute Gasteiger partial charge is 0.363 e. The van der Waals surface area contributed by atoms with Gasteiger partial charge in [0.05, 0.1) is 17.2 Å². The predicted octanol–water partition coefficient (Wildman–Crippen LogP) is 4.93. The van der Waals surface area contributed by atoms with Gasteiger partial charge in [0.1, 0.15) is 5.75 Å². The lowest BCUT2D eigenvalue weighted by atomic mass is 10.0. The molecule has 0 radical (unpaired) electrons. The number of hydrogen-bond donors (Lipinski definition) is 0. The molecular weight excluding hydrogens is 324 g/mol. The number of aromatic nitrogens is 2. The van der Waals surface area contributed by atoms with Gasteiger partial charge in [0.2, 0.25) is 0 Å². The second kappa shape index (κ2) is 6.57. The van der Waals surface area contributed by atoms with Crippen LogP contribution in [-0.4, -0.2) is 15.9 Å². The van der Waals surface area contributed by atoms with E-state index in [2.05, 4.69) is 9.97 Å². The first-order chi connectivity index (χ1) is 11.5. The molecule has 0 bridgehead atoms. The average Bonchev–Trinajstić information content (AvgIpc) is 2.57. The second-order valence-corrected chi connectivity index (χ2v) is 6.33. The van der Waals surface area contributed by atoms with Gasteiger partial charge in [0.25, 0.3) is 0 Å². The van der Waals surface area contributed by atoms with Crippen molar-refractivity contribution >= 4 is 28.6 Å². The molecule has 4 nitrogen and oxygen atoms in total. The first-order valence-electron chi connectivity index (χ1n) is 7.69. The fourth-order valence-corrected chi connectivity index (χ4v) is 2.59. The van der Waals surface area contributed by atoms with E-state index >= 15 is 0 Å². The molecule has 3 rings (SSSR count). The van der Waals surface area contributed by atoms with E-state index in [0.29, 0.717) is 16.3 Å². The zero-order chi connectivity index (χ0) is 17.3. The normalized spacial score (nSPS) is 11.0. The molecule has 2 aromatic carbocycles. The van der Waals surface area contributed by atoms with Gasteiger partial charge in [-0.15, -0.1) is 0 Å². The van der Waals surface area contributed by atoms with Crippen LogP contribution in [0, 0.1) is 6.92 Å². The van der Waals surface area contributed by atoms with Crippen molar-refractivity contribution in [3.63, 3.8) is 0 Å². The fourth-order valence-electron chi connectivity index (χ4n) is 2.42. The number of carbonyl (C=O) groups is 1. The van der Waals surface area contributed by atoms with Crippen LogP contribution in [0.25, 0.3) is 11.0 Å². The maximum Gasteiger partial charge on any atom is 0.363 e. The highest BCUT2D eigenvalue weighted by molar-refractivity contribution is 6.31. The summed E-state index contributed by atoms with van der Waals surface area (Å²) in [6.45, 7) is 5.92. The second-order valence-electron chi connectivity index (χ2n) is 5.93. The van der Waals surface area contributed by atoms with E-state index in [1.807, 2.05) is 51.1 Å². The summed E-state index contributed by atoms with van der Waals surface area (Å²) in [6, 6.07) is 11.0. The summed E-state index contributed by atoms with van der Waals surface area (Å²) in [4.78, 5) is 21.0. The quantitative estimate of drug-likeness (QED) is 0.501. The zero-order valence-electron chi connectivity index (χ0n) is 13.7. The van der Waals surface area contributed by atoms with Crippen molar-refractivity contribution in [3.8, 4) is 5.75 Å². The van der Waals surface area contributed by atoms with Crippen molar-refractivity contribution in [2.75, 3.05) is 0 Å². The molecule has 0 saturated heterocycles. The van der Waals surface area contributed by atoms with Gasteiger partial charge in [-0.3, -0.25) is 4.98 Å². The first kappa shape index (κ1) is 16.4. The summed E-state index contributed by atoms with van der Waals surface area (Å²) in [5.74, 6) is 0.150. The number of rotatable bonds is 3. The summed E-state index contributed by atoms with van der Waals surface area (Å²) in [5, 5.41) is 0.656. The van der Waals surface area contributed by atoms with E-state index in [1.165, 1.54) is 6.20 Å². The molecule has 1 heterocycles. The molecule has 0 aliphatic carbocycles. The molecular formula is C19H17ClN2O2. The lowest BCUT2D eigenvalue weighted by molar-refractivity contribution is 0.0726. The number of fused-ring (bicyclic) bond motifs is 1. The third-order valence-electron chi connectivity index (χ3n) is 3.77. The Labute approximate surface area is 145 Å². The third kappa shape index (κ3) is 3.24. The van der Waals surface area contributed by atoms with Gasteiger partial charge in [0.15, 0.2) is 5.69 Å². The number of halogens is 1. The van der Waals surface area contributed by atoms with E-state index in [4.69, 9.17) is 16.3 Å². The standard InChI is InChI=1S/C19H17ClN2O2/c1-11(2)13-9-14(20)12(3)8-18(13)24-19(23)17-10-21-15-6-4-5-7-16(15)22-17/h4-11H,1-3H3. The predicted molar refractivity (Wildman–Crippen MR) is 94.8 cm³/mol. The molecule has 0 aliphatic rings. The van der Waals surface area contributed by atoms with Crippen LogP contribution >= 0.6 is 11.6 Å². The number of para-hydroxylation sites is 2. The minimum absolute atomic E-state index is 0.175. The van der Waals surface area contributed by atoms with E-state index in [-0.39, 0.29) is 11.6 Å². The molecule has 24 heavy (non-hydrogen) atoms.